The first-order valence-corrected chi connectivity index (χ1v) is 5.47. The van der Waals surface area contributed by atoms with Crippen LogP contribution in [0.25, 0.3) is 10.9 Å². The van der Waals surface area contributed by atoms with Gasteiger partial charge in [0.1, 0.15) is 6.04 Å². The largest absolute Gasteiger partial charge is 0.409 e. The third-order valence-electron chi connectivity index (χ3n) is 3.19. The Morgan fingerprint density at radius 2 is 1.94 bits per heavy atom. The zero-order valence-electron chi connectivity index (χ0n) is 8.93. The topological polar surface area (TPSA) is 27.8 Å². The van der Waals surface area contributed by atoms with E-state index in [2.05, 4.69) is 10.3 Å². The number of alkyl halides is 3. The van der Waals surface area contributed by atoms with E-state index < -0.39 is 12.2 Å². The zero-order chi connectivity index (χ0) is 12.0. The molecule has 0 amide bonds. The maximum atomic E-state index is 12.9. The number of nitrogens with one attached hydrogen (secondary N) is 2. The molecule has 0 spiro atoms. The molecule has 1 atom stereocenters. The Morgan fingerprint density at radius 3 is 2.71 bits per heavy atom. The van der Waals surface area contributed by atoms with Crippen LogP contribution in [0.2, 0.25) is 0 Å². The Labute approximate surface area is 95.8 Å². The minimum atomic E-state index is -4.25. The normalized spacial score (nSPS) is 20.5. The van der Waals surface area contributed by atoms with Gasteiger partial charge in [0.2, 0.25) is 0 Å². The molecule has 2 heterocycles. The lowest BCUT2D eigenvalue weighted by Crippen LogP contribution is -2.39. The fraction of sp³-hybridized carbons (Fsp3) is 0.333. The first-order chi connectivity index (χ1) is 8.07. The van der Waals surface area contributed by atoms with Gasteiger partial charge in [-0.05, 0) is 18.1 Å². The molecule has 1 aromatic heterocycles. The highest BCUT2D eigenvalue weighted by atomic mass is 19.4. The number of para-hydroxylation sites is 1. The number of aromatic nitrogens is 1. The van der Waals surface area contributed by atoms with E-state index in [0.717, 1.165) is 16.5 Å². The SMILES string of the molecule is FC(F)(F)[C@H]1NCCc2c1[nH]c1ccccc21. The third-order valence-corrected chi connectivity index (χ3v) is 3.19. The molecule has 0 bridgehead atoms. The molecule has 0 saturated carbocycles. The van der Waals surface area contributed by atoms with E-state index in [0.29, 0.717) is 13.0 Å². The molecule has 1 aliphatic heterocycles. The van der Waals surface area contributed by atoms with Crippen LogP contribution < -0.4 is 5.32 Å². The predicted molar refractivity (Wildman–Crippen MR) is 58.8 cm³/mol. The number of aromatic amines is 1. The second-order valence-corrected chi connectivity index (χ2v) is 4.24. The van der Waals surface area contributed by atoms with Crippen LogP contribution in [0.3, 0.4) is 0 Å². The summed E-state index contributed by atoms with van der Waals surface area (Å²) >= 11 is 0. The number of halogens is 3. The molecular formula is C12H11F3N2. The third kappa shape index (κ3) is 1.61. The fourth-order valence-corrected chi connectivity index (χ4v) is 2.46. The van der Waals surface area contributed by atoms with Crippen LogP contribution in [-0.2, 0) is 6.42 Å². The van der Waals surface area contributed by atoms with Gasteiger partial charge in [-0.1, -0.05) is 18.2 Å². The molecule has 0 unspecified atom stereocenters. The lowest BCUT2D eigenvalue weighted by molar-refractivity contribution is -0.159. The predicted octanol–water partition coefficient (Wildman–Crippen LogP) is 2.92. The van der Waals surface area contributed by atoms with Crippen LogP contribution in [-0.4, -0.2) is 17.7 Å². The summed E-state index contributed by atoms with van der Waals surface area (Å²) in [7, 11) is 0. The van der Waals surface area contributed by atoms with Crippen molar-refractivity contribution in [1.82, 2.24) is 10.3 Å². The van der Waals surface area contributed by atoms with Gasteiger partial charge in [0.25, 0.3) is 0 Å². The van der Waals surface area contributed by atoms with Gasteiger partial charge in [-0.25, -0.2) is 0 Å². The maximum Gasteiger partial charge on any atom is 0.409 e. The Bertz CT molecular complexity index is 556. The highest BCUT2D eigenvalue weighted by Gasteiger charge is 2.44. The number of H-pyrrole nitrogens is 1. The van der Waals surface area contributed by atoms with Crippen molar-refractivity contribution in [2.75, 3.05) is 6.54 Å². The maximum absolute atomic E-state index is 12.9. The standard InChI is InChI=1S/C12H11F3N2/c13-12(14,15)11-10-8(5-6-16-11)7-3-1-2-4-9(7)17-10/h1-4,11,16-17H,5-6H2/t11-/m0/s1. The molecule has 2 N–H and O–H groups in total. The lowest BCUT2D eigenvalue weighted by atomic mass is 9.99. The molecule has 0 aliphatic carbocycles. The Balaban J connectivity index is 2.21. The van der Waals surface area contributed by atoms with E-state index in [9.17, 15) is 13.2 Å². The number of rotatable bonds is 0. The lowest BCUT2D eigenvalue weighted by Gasteiger charge is -2.26. The van der Waals surface area contributed by atoms with E-state index in [1.807, 2.05) is 18.2 Å². The van der Waals surface area contributed by atoms with Crippen molar-refractivity contribution in [2.45, 2.75) is 18.6 Å². The average Bonchev–Trinajstić information content (AvgIpc) is 2.65. The van der Waals surface area contributed by atoms with Crippen LogP contribution in [0.5, 0.6) is 0 Å². The molecule has 2 aromatic rings. The van der Waals surface area contributed by atoms with Gasteiger partial charge in [-0.2, -0.15) is 13.2 Å². The zero-order valence-corrected chi connectivity index (χ0v) is 8.93. The van der Waals surface area contributed by atoms with E-state index in [-0.39, 0.29) is 5.69 Å². The van der Waals surface area contributed by atoms with Crippen molar-refractivity contribution in [3.05, 3.63) is 35.5 Å². The molecule has 5 heteroatoms. The molecule has 0 saturated heterocycles. The van der Waals surface area contributed by atoms with Crippen molar-refractivity contribution in [2.24, 2.45) is 0 Å². The van der Waals surface area contributed by atoms with Crippen molar-refractivity contribution >= 4 is 10.9 Å². The molecule has 90 valence electrons. The Hall–Kier alpha value is -1.49. The molecule has 3 rings (SSSR count). The summed E-state index contributed by atoms with van der Waals surface area (Å²) in [5.41, 5.74) is 1.84. The summed E-state index contributed by atoms with van der Waals surface area (Å²) in [5.74, 6) is 0. The summed E-state index contributed by atoms with van der Waals surface area (Å²) in [4.78, 5) is 2.89. The monoisotopic (exact) mass is 240 g/mol. The summed E-state index contributed by atoms with van der Waals surface area (Å²) < 4.78 is 38.6. The van der Waals surface area contributed by atoms with Gasteiger partial charge in [-0.3, -0.25) is 0 Å². The quantitative estimate of drug-likeness (QED) is 0.728. The van der Waals surface area contributed by atoms with Crippen molar-refractivity contribution in [1.29, 1.82) is 0 Å². The molecule has 1 aliphatic rings. The smallest absolute Gasteiger partial charge is 0.357 e. The number of benzene rings is 1. The van der Waals surface area contributed by atoms with Gasteiger partial charge < -0.3 is 10.3 Å². The van der Waals surface area contributed by atoms with Crippen LogP contribution in [0.4, 0.5) is 13.2 Å². The Morgan fingerprint density at radius 1 is 1.18 bits per heavy atom. The first-order valence-electron chi connectivity index (χ1n) is 5.47. The van der Waals surface area contributed by atoms with Gasteiger partial charge >= 0.3 is 6.18 Å². The number of hydrogen-bond acceptors (Lipinski definition) is 1. The summed E-state index contributed by atoms with van der Waals surface area (Å²) in [6, 6.07) is 5.77. The number of fused-ring (bicyclic) bond motifs is 3. The second kappa shape index (κ2) is 3.50. The van der Waals surface area contributed by atoms with Crippen LogP contribution >= 0.6 is 0 Å². The summed E-state index contributed by atoms with van der Waals surface area (Å²) in [6.45, 7) is 0.360. The fourth-order valence-electron chi connectivity index (χ4n) is 2.46. The molecule has 2 nitrogen and oxygen atoms in total. The van der Waals surface area contributed by atoms with E-state index in [1.54, 1.807) is 6.07 Å². The highest BCUT2D eigenvalue weighted by Crippen LogP contribution is 2.38. The second-order valence-electron chi connectivity index (χ2n) is 4.24. The van der Waals surface area contributed by atoms with Gasteiger partial charge in [0.05, 0.1) is 0 Å². The minimum Gasteiger partial charge on any atom is -0.357 e. The molecule has 0 fully saturated rings. The van der Waals surface area contributed by atoms with Gasteiger partial charge in [0.15, 0.2) is 0 Å². The molecular weight excluding hydrogens is 229 g/mol. The van der Waals surface area contributed by atoms with Gasteiger partial charge in [0, 0.05) is 23.1 Å². The Kier molecular flexibility index (Phi) is 2.19. The molecule has 1 aromatic carbocycles. The van der Waals surface area contributed by atoms with Crippen LogP contribution in [0.15, 0.2) is 24.3 Å². The first kappa shape index (κ1) is 10.7. The van der Waals surface area contributed by atoms with Crippen molar-refractivity contribution < 1.29 is 13.2 Å². The molecule has 17 heavy (non-hydrogen) atoms. The summed E-state index contributed by atoms with van der Waals surface area (Å²) in [6.07, 6.45) is -3.62. The van der Waals surface area contributed by atoms with Crippen LogP contribution in [0.1, 0.15) is 17.3 Å². The van der Waals surface area contributed by atoms with Gasteiger partial charge in [-0.15, -0.1) is 0 Å². The van der Waals surface area contributed by atoms with Crippen molar-refractivity contribution in [3.63, 3.8) is 0 Å². The van der Waals surface area contributed by atoms with Crippen molar-refractivity contribution in [3.8, 4) is 0 Å². The minimum absolute atomic E-state index is 0.268. The number of hydrogen-bond donors (Lipinski definition) is 2. The highest BCUT2D eigenvalue weighted by molar-refractivity contribution is 5.85. The average molecular weight is 240 g/mol. The van der Waals surface area contributed by atoms with E-state index >= 15 is 0 Å². The van der Waals surface area contributed by atoms with Crippen LogP contribution in [0, 0.1) is 0 Å². The summed E-state index contributed by atoms with van der Waals surface area (Å²) in [5, 5.41) is 3.42. The van der Waals surface area contributed by atoms with E-state index in [4.69, 9.17) is 0 Å². The molecule has 0 radical (unpaired) electrons. The van der Waals surface area contributed by atoms with E-state index in [1.165, 1.54) is 0 Å².